The number of urea groups is 1. The Balaban J connectivity index is 1.55. The summed E-state index contributed by atoms with van der Waals surface area (Å²) in [5.41, 5.74) is 0.883. The van der Waals surface area contributed by atoms with Crippen LogP contribution in [0.3, 0.4) is 0 Å². The average molecular weight is 354 g/mol. The zero-order valence-corrected chi connectivity index (χ0v) is 12.7. The van der Waals surface area contributed by atoms with Crippen LogP contribution < -0.4 is 24.8 Å². The van der Waals surface area contributed by atoms with Crippen LogP contribution in [-0.2, 0) is 6.54 Å². The number of carbonyl (C=O) groups excluding carboxylic acids is 1. The molecule has 3 rings (SSSR count). The van der Waals surface area contributed by atoms with Crippen LogP contribution >= 0.6 is 0 Å². The van der Waals surface area contributed by atoms with Crippen LogP contribution in [0.25, 0.3) is 0 Å². The SMILES string of the molecule is O=C(NCc1ccc2c(c1)OCO2)Nc1ccc(OC(F)F)c(F)c1. The molecule has 0 aromatic heterocycles. The molecule has 0 atom stereocenters. The third-order valence-corrected chi connectivity index (χ3v) is 3.30. The molecule has 1 heterocycles. The minimum atomic E-state index is -3.13. The van der Waals surface area contributed by atoms with Crippen molar-refractivity contribution in [3.8, 4) is 17.2 Å². The molecule has 0 spiro atoms. The molecular weight excluding hydrogens is 341 g/mol. The Labute approximate surface area is 140 Å². The lowest BCUT2D eigenvalue weighted by atomic mass is 10.2. The van der Waals surface area contributed by atoms with Gasteiger partial charge < -0.3 is 24.8 Å². The fourth-order valence-electron chi connectivity index (χ4n) is 2.18. The van der Waals surface area contributed by atoms with Gasteiger partial charge in [0.25, 0.3) is 0 Å². The summed E-state index contributed by atoms with van der Waals surface area (Å²) in [5, 5.41) is 4.98. The highest BCUT2D eigenvalue weighted by Crippen LogP contribution is 2.32. The number of fused-ring (bicyclic) bond motifs is 1. The number of nitrogens with one attached hydrogen (secondary N) is 2. The Hall–Kier alpha value is -3.10. The minimum Gasteiger partial charge on any atom is -0.454 e. The van der Waals surface area contributed by atoms with Crippen molar-refractivity contribution in [1.29, 1.82) is 0 Å². The molecule has 1 aliphatic rings. The summed E-state index contributed by atoms with van der Waals surface area (Å²) < 4.78 is 52.1. The zero-order valence-electron chi connectivity index (χ0n) is 12.7. The lowest BCUT2D eigenvalue weighted by Crippen LogP contribution is -2.28. The molecule has 25 heavy (non-hydrogen) atoms. The lowest BCUT2D eigenvalue weighted by molar-refractivity contribution is -0.0521. The highest BCUT2D eigenvalue weighted by Gasteiger charge is 2.14. The minimum absolute atomic E-state index is 0.0994. The molecule has 0 unspecified atom stereocenters. The second-order valence-electron chi connectivity index (χ2n) is 5.02. The first-order valence-corrected chi connectivity index (χ1v) is 7.19. The van der Waals surface area contributed by atoms with Crippen LogP contribution in [-0.4, -0.2) is 19.4 Å². The molecule has 0 saturated carbocycles. The number of halogens is 3. The van der Waals surface area contributed by atoms with Gasteiger partial charge in [0.2, 0.25) is 6.79 Å². The van der Waals surface area contributed by atoms with Crippen LogP contribution in [0.2, 0.25) is 0 Å². The van der Waals surface area contributed by atoms with Crippen LogP contribution in [0.1, 0.15) is 5.56 Å². The highest BCUT2D eigenvalue weighted by molar-refractivity contribution is 5.89. The highest BCUT2D eigenvalue weighted by atomic mass is 19.3. The molecule has 0 radical (unpaired) electrons. The van der Waals surface area contributed by atoms with Crippen molar-refractivity contribution < 1.29 is 32.2 Å². The van der Waals surface area contributed by atoms with Gasteiger partial charge in [-0.15, -0.1) is 0 Å². The van der Waals surface area contributed by atoms with Crippen molar-refractivity contribution in [2.24, 2.45) is 0 Å². The number of carbonyl (C=O) groups is 1. The summed E-state index contributed by atoms with van der Waals surface area (Å²) in [4.78, 5) is 11.8. The zero-order chi connectivity index (χ0) is 17.8. The van der Waals surface area contributed by atoms with E-state index in [1.165, 1.54) is 6.07 Å². The van der Waals surface area contributed by atoms with E-state index in [4.69, 9.17) is 9.47 Å². The van der Waals surface area contributed by atoms with Gasteiger partial charge in [0.15, 0.2) is 23.1 Å². The van der Waals surface area contributed by atoms with Crippen LogP contribution in [0.15, 0.2) is 36.4 Å². The molecule has 132 valence electrons. The molecule has 2 N–H and O–H groups in total. The molecule has 2 aromatic rings. The van der Waals surface area contributed by atoms with Crippen molar-refractivity contribution in [1.82, 2.24) is 5.32 Å². The van der Waals surface area contributed by atoms with E-state index in [1.807, 2.05) is 0 Å². The summed E-state index contributed by atoms with van der Waals surface area (Å²) in [6.45, 7) is -2.76. The Bertz CT molecular complexity index is 786. The number of amides is 2. The molecule has 0 saturated heterocycles. The fourth-order valence-corrected chi connectivity index (χ4v) is 2.18. The van der Waals surface area contributed by atoms with Gasteiger partial charge >= 0.3 is 12.6 Å². The maximum atomic E-state index is 13.6. The number of hydrogen-bond donors (Lipinski definition) is 2. The molecule has 2 aromatic carbocycles. The monoisotopic (exact) mass is 354 g/mol. The van der Waals surface area contributed by atoms with E-state index in [1.54, 1.807) is 18.2 Å². The summed E-state index contributed by atoms with van der Waals surface area (Å²) in [6, 6.07) is 7.80. The number of hydrogen-bond acceptors (Lipinski definition) is 4. The lowest BCUT2D eigenvalue weighted by Gasteiger charge is -2.10. The van der Waals surface area contributed by atoms with Crippen molar-refractivity contribution in [3.05, 3.63) is 47.8 Å². The van der Waals surface area contributed by atoms with Gasteiger partial charge in [0.05, 0.1) is 0 Å². The molecular formula is C16H13F3N2O4. The van der Waals surface area contributed by atoms with E-state index in [9.17, 15) is 18.0 Å². The second-order valence-corrected chi connectivity index (χ2v) is 5.02. The quantitative estimate of drug-likeness (QED) is 0.863. The van der Waals surface area contributed by atoms with E-state index in [2.05, 4.69) is 15.4 Å². The average Bonchev–Trinajstić information content (AvgIpc) is 3.03. The van der Waals surface area contributed by atoms with Crippen molar-refractivity contribution >= 4 is 11.7 Å². The predicted octanol–water partition coefficient (Wildman–Crippen LogP) is 3.48. The topological polar surface area (TPSA) is 68.8 Å². The van der Waals surface area contributed by atoms with Gasteiger partial charge in [-0.05, 0) is 29.8 Å². The van der Waals surface area contributed by atoms with Crippen molar-refractivity contribution in [2.45, 2.75) is 13.2 Å². The van der Waals surface area contributed by atoms with Crippen LogP contribution in [0, 0.1) is 5.82 Å². The van der Waals surface area contributed by atoms with Crippen molar-refractivity contribution in [3.63, 3.8) is 0 Å². The first kappa shape index (κ1) is 16.7. The first-order valence-electron chi connectivity index (χ1n) is 7.19. The predicted molar refractivity (Wildman–Crippen MR) is 81.5 cm³/mol. The first-order chi connectivity index (χ1) is 12.0. The standard InChI is InChI=1S/C16H13F3N2O4/c17-11-6-10(2-4-12(11)25-15(18)19)21-16(22)20-7-9-1-3-13-14(5-9)24-8-23-13/h1-6,15H,7-8H2,(H2,20,21,22). The number of ether oxygens (including phenoxy) is 3. The normalized spacial score (nSPS) is 12.2. The number of anilines is 1. The summed E-state index contributed by atoms with van der Waals surface area (Å²) >= 11 is 0. The number of benzene rings is 2. The molecule has 0 bridgehead atoms. The van der Waals surface area contributed by atoms with E-state index in [0.717, 1.165) is 17.7 Å². The smallest absolute Gasteiger partial charge is 0.387 e. The molecule has 1 aliphatic heterocycles. The van der Waals surface area contributed by atoms with E-state index in [-0.39, 0.29) is 19.0 Å². The Morgan fingerprint density at radius 2 is 1.96 bits per heavy atom. The maximum Gasteiger partial charge on any atom is 0.387 e. The molecule has 2 amide bonds. The van der Waals surface area contributed by atoms with Gasteiger partial charge in [-0.3, -0.25) is 0 Å². The van der Waals surface area contributed by atoms with Gasteiger partial charge in [-0.25, -0.2) is 9.18 Å². The third-order valence-electron chi connectivity index (χ3n) is 3.30. The largest absolute Gasteiger partial charge is 0.454 e. The molecule has 0 aliphatic carbocycles. The Morgan fingerprint density at radius 3 is 2.72 bits per heavy atom. The van der Waals surface area contributed by atoms with E-state index in [0.29, 0.717) is 11.5 Å². The maximum absolute atomic E-state index is 13.6. The summed E-state index contributed by atoms with van der Waals surface area (Å²) in [5.74, 6) is -0.374. The molecule has 9 heteroatoms. The number of alkyl halides is 2. The van der Waals surface area contributed by atoms with Crippen LogP contribution in [0.4, 0.5) is 23.7 Å². The Morgan fingerprint density at radius 1 is 1.16 bits per heavy atom. The van der Waals surface area contributed by atoms with Gasteiger partial charge in [-0.1, -0.05) is 6.07 Å². The van der Waals surface area contributed by atoms with Gasteiger partial charge in [0, 0.05) is 18.3 Å². The van der Waals surface area contributed by atoms with E-state index < -0.39 is 24.2 Å². The summed E-state index contributed by atoms with van der Waals surface area (Å²) in [7, 11) is 0. The second kappa shape index (κ2) is 7.20. The third kappa shape index (κ3) is 4.25. The van der Waals surface area contributed by atoms with E-state index >= 15 is 0 Å². The molecule has 0 fully saturated rings. The molecule has 6 nitrogen and oxygen atoms in total. The number of rotatable bonds is 5. The summed E-state index contributed by atoms with van der Waals surface area (Å²) in [6.07, 6.45) is 0. The Kier molecular flexibility index (Phi) is 4.82. The van der Waals surface area contributed by atoms with Gasteiger partial charge in [-0.2, -0.15) is 8.78 Å². The fraction of sp³-hybridized carbons (Fsp3) is 0.188. The van der Waals surface area contributed by atoms with Crippen LogP contribution in [0.5, 0.6) is 17.2 Å². The van der Waals surface area contributed by atoms with Crippen molar-refractivity contribution in [2.75, 3.05) is 12.1 Å². The van der Waals surface area contributed by atoms with Gasteiger partial charge in [0.1, 0.15) is 0 Å².